The molecule has 19 heavy (non-hydrogen) atoms. The van der Waals surface area contributed by atoms with Gasteiger partial charge in [-0.3, -0.25) is 4.79 Å². The minimum Gasteiger partial charge on any atom is -0.443 e. The molecule has 0 N–H and O–H groups in total. The van der Waals surface area contributed by atoms with E-state index >= 15 is 0 Å². The van der Waals surface area contributed by atoms with Crippen LogP contribution in [0.2, 0.25) is 0 Å². The molecule has 5 nitrogen and oxygen atoms in total. The monoisotopic (exact) mass is 369 g/mol. The third-order valence-electron chi connectivity index (χ3n) is 3.28. The van der Waals surface area contributed by atoms with Crippen molar-refractivity contribution in [3.8, 4) is 0 Å². The summed E-state index contributed by atoms with van der Waals surface area (Å²) in [6, 6.07) is 1.16. The Bertz CT molecular complexity index is 598. The van der Waals surface area contributed by atoms with E-state index in [4.69, 9.17) is 15.1 Å². The number of rotatable bonds is 3. The number of likely N-dealkylation sites (tertiary alicyclic amines) is 1. The molecular weight excluding hydrogens is 358 g/mol. The number of hydrogen-bond donors (Lipinski definition) is 0. The second kappa shape index (κ2) is 5.46. The van der Waals surface area contributed by atoms with Crippen molar-refractivity contribution in [2.75, 3.05) is 13.1 Å². The third-order valence-corrected chi connectivity index (χ3v) is 5.46. The highest BCUT2D eigenvalue weighted by molar-refractivity contribution is 9.10. The van der Waals surface area contributed by atoms with Crippen LogP contribution in [0, 0.1) is 5.92 Å². The van der Waals surface area contributed by atoms with E-state index in [2.05, 4.69) is 22.9 Å². The standard InChI is InChI=1S/C11H13BrClNO4S/c1-2-7-3-4-14(6-7)11(15)8-5-9(10(12)18-8)19(13,16)17/h5,7H,2-4,6H2,1H3. The molecule has 0 spiro atoms. The fourth-order valence-corrected chi connectivity index (χ4v) is 4.16. The average Bonchev–Trinajstić information content (AvgIpc) is 2.93. The molecule has 1 aromatic rings. The van der Waals surface area contributed by atoms with Crippen LogP contribution in [-0.2, 0) is 9.05 Å². The normalized spacial score (nSPS) is 19.9. The van der Waals surface area contributed by atoms with E-state index in [0.29, 0.717) is 19.0 Å². The lowest BCUT2D eigenvalue weighted by Gasteiger charge is -2.14. The van der Waals surface area contributed by atoms with Crippen LogP contribution in [-0.4, -0.2) is 32.3 Å². The van der Waals surface area contributed by atoms with Gasteiger partial charge in [-0.1, -0.05) is 13.3 Å². The van der Waals surface area contributed by atoms with Crippen molar-refractivity contribution in [3.63, 3.8) is 0 Å². The van der Waals surface area contributed by atoms with Crippen molar-refractivity contribution >= 4 is 41.6 Å². The molecule has 1 fully saturated rings. The van der Waals surface area contributed by atoms with E-state index < -0.39 is 9.05 Å². The summed E-state index contributed by atoms with van der Waals surface area (Å²) < 4.78 is 27.6. The van der Waals surface area contributed by atoms with Crippen LogP contribution in [0.3, 0.4) is 0 Å². The number of carbonyl (C=O) groups excluding carboxylic acids is 1. The van der Waals surface area contributed by atoms with Gasteiger partial charge in [0.25, 0.3) is 15.0 Å². The van der Waals surface area contributed by atoms with Crippen LogP contribution in [0.15, 0.2) is 20.0 Å². The van der Waals surface area contributed by atoms with Gasteiger partial charge >= 0.3 is 0 Å². The fourth-order valence-electron chi connectivity index (χ4n) is 2.13. The van der Waals surface area contributed by atoms with Gasteiger partial charge in [0.15, 0.2) is 10.4 Å². The number of carbonyl (C=O) groups is 1. The van der Waals surface area contributed by atoms with Crippen LogP contribution in [0.4, 0.5) is 0 Å². The first kappa shape index (κ1) is 14.9. The second-order valence-corrected chi connectivity index (χ2v) is 7.76. The van der Waals surface area contributed by atoms with Gasteiger partial charge in [-0.25, -0.2) is 8.42 Å². The topological polar surface area (TPSA) is 67.6 Å². The lowest BCUT2D eigenvalue weighted by atomic mass is 10.1. The van der Waals surface area contributed by atoms with Crippen molar-refractivity contribution in [1.82, 2.24) is 4.90 Å². The number of hydrogen-bond acceptors (Lipinski definition) is 4. The molecule has 1 aliphatic rings. The number of halogens is 2. The highest BCUT2D eigenvalue weighted by Crippen LogP contribution is 2.30. The molecule has 2 heterocycles. The van der Waals surface area contributed by atoms with Gasteiger partial charge in [-0.05, 0) is 28.3 Å². The molecule has 1 amide bonds. The SMILES string of the molecule is CCC1CCN(C(=O)c2cc(S(=O)(=O)Cl)c(Br)o2)C1. The first-order valence-electron chi connectivity index (χ1n) is 5.86. The Hall–Kier alpha value is -0.530. The zero-order valence-corrected chi connectivity index (χ0v) is 13.4. The van der Waals surface area contributed by atoms with Crippen LogP contribution < -0.4 is 0 Å². The predicted octanol–water partition coefficient (Wildman–Crippen LogP) is 2.84. The molecule has 0 bridgehead atoms. The zero-order valence-electron chi connectivity index (χ0n) is 10.2. The lowest BCUT2D eigenvalue weighted by Crippen LogP contribution is -2.28. The Balaban J connectivity index is 2.22. The predicted molar refractivity (Wildman–Crippen MR) is 73.7 cm³/mol. The lowest BCUT2D eigenvalue weighted by molar-refractivity contribution is 0.0754. The summed E-state index contributed by atoms with van der Waals surface area (Å²) in [4.78, 5) is 13.6. The van der Waals surface area contributed by atoms with Gasteiger partial charge in [0, 0.05) is 29.8 Å². The summed E-state index contributed by atoms with van der Waals surface area (Å²) in [5, 5.41) is 0. The molecule has 2 rings (SSSR count). The molecule has 0 radical (unpaired) electrons. The zero-order chi connectivity index (χ0) is 14.2. The fraction of sp³-hybridized carbons (Fsp3) is 0.545. The van der Waals surface area contributed by atoms with E-state index in [1.54, 1.807) is 4.90 Å². The van der Waals surface area contributed by atoms with Crippen LogP contribution in [0.25, 0.3) is 0 Å². The summed E-state index contributed by atoms with van der Waals surface area (Å²) in [5.41, 5.74) is 0. The second-order valence-electron chi connectivity index (χ2n) is 4.50. The van der Waals surface area contributed by atoms with Crippen molar-refractivity contribution in [2.45, 2.75) is 24.7 Å². The smallest absolute Gasteiger partial charge is 0.289 e. The summed E-state index contributed by atoms with van der Waals surface area (Å²) in [5.74, 6) is 0.185. The third kappa shape index (κ3) is 3.14. The van der Waals surface area contributed by atoms with Crippen LogP contribution >= 0.6 is 26.6 Å². The van der Waals surface area contributed by atoms with Crippen LogP contribution in [0.1, 0.15) is 30.3 Å². The summed E-state index contributed by atoms with van der Waals surface area (Å²) in [7, 11) is 1.32. The average molecular weight is 371 g/mol. The first-order chi connectivity index (χ1) is 8.82. The van der Waals surface area contributed by atoms with E-state index in [1.807, 2.05) is 0 Å². The van der Waals surface area contributed by atoms with Gasteiger partial charge in [0.05, 0.1) is 0 Å². The highest BCUT2D eigenvalue weighted by Gasteiger charge is 2.30. The Morgan fingerprint density at radius 2 is 2.32 bits per heavy atom. The number of furan rings is 1. The van der Waals surface area contributed by atoms with E-state index in [0.717, 1.165) is 18.9 Å². The summed E-state index contributed by atoms with van der Waals surface area (Å²) in [6.07, 6.45) is 1.98. The Morgan fingerprint density at radius 1 is 1.63 bits per heavy atom. The van der Waals surface area contributed by atoms with Crippen molar-refractivity contribution in [1.29, 1.82) is 0 Å². The van der Waals surface area contributed by atoms with Crippen molar-refractivity contribution in [2.24, 2.45) is 5.92 Å². The molecule has 1 aliphatic heterocycles. The Morgan fingerprint density at radius 3 is 2.79 bits per heavy atom. The minimum absolute atomic E-state index is 0.0112. The van der Waals surface area contributed by atoms with Crippen molar-refractivity contribution < 1.29 is 17.6 Å². The maximum Gasteiger partial charge on any atom is 0.289 e. The van der Waals surface area contributed by atoms with Crippen molar-refractivity contribution in [3.05, 3.63) is 16.5 Å². The molecular formula is C11H13BrClNO4S. The highest BCUT2D eigenvalue weighted by atomic mass is 79.9. The van der Waals surface area contributed by atoms with E-state index in [-0.39, 0.29) is 21.2 Å². The summed E-state index contributed by atoms with van der Waals surface area (Å²) >= 11 is 2.95. The molecule has 1 aromatic heterocycles. The van der Waals surface area contributed by atoms with Gasteiger partial charge < -0.3 is 9.32 Å². The number of amides is 1. The molecule has 1 atom stereocenters. The maximum absolute atomic E-state index is 12.2. The molecule has 8 heteroatoms. The van der Waals surface area contributed by atoms with Gasteiger partial charge in [0.1, 0.15) is 4.90 Å². The van der Waals surface area contributed by atoms with E-state index in [9.17, 15) is 13.2 Å². The molecule has 1 unspecified atom stereocenters. The Kier molecular flexibility index (Phi) is 4.27. The molecule has 0 aromatic carbocycles. The maximum atomic E-state index is 12.2. The van der Waals surface area contributed by atoms with Gasteiger partial charge in [-0.15, -0.1) is 0 Å². The van der Waals surface area contributed by atoms with Gasteiger partial charge in [0.2, 0.25) is 0 Å². The number of nitrogens with zero attached hydrogens (tertiary/aromatic N) is 1. The first-order valence-corrected chi connectivity index (χ1v) is 8.96. The van der Waals surface area contributed by atoms with Crippen LogP contribution in [0.5, 0.6) is 0 Å². The minimum atomic E-state index is -3.92. The van der Waals surface area contributed by atoms with E-state index in [1.165, 1.54) is 0 Å². The summed E-state index contributed by atoms with van der Waals surface area (Å²) in [6.45, 7) is 3.43. The van der Waals surface area contributed by atoms with Gasteiger partial charge in [-0.2, -0.15) is 0 Å². The largest absolute Gasteiger partial charge is 0.443 e. The quantitative estimate of drug-likeness (QED) is 0.767. The molecule has 0 saturated carbocycles. The molecule has 1 saturated heterocycles. The Labute approximate surface area is 124 Å². The molecule has 0 aliphatic carbocycles. The molecule has 106 valence electrons.